The number of quaternary nitrogens is 2. The lowest BCUT2D eigenvalue weighted by Gasteiger charge is -2.20. The smallest absolute Gasteiger partial charge is 0.267 e. The molecule has 2 N–H and O–H groups in total. The monoisotopic (exact) mass is 546 g/mol. The first-order valence-electron chi connectivity index (χ1n) is 13.6. The minimum atomic E-state index is -3.94. The van der Waals surface area contributed by atoms with Crippen LogP contribution in [0.15, 0.2) is 34.8 Å². The molecular weight excluding hydrogens is 495 g/mol. The number of rotatable bonds is 14. The third kappa shape index (κ3) is 21.0. The topological polar surface area (TPSA) is 132 Å². The van der Waals surface area contributed by atoms with Gasteiger partial charge >= 0.3 is 0 Å². The van der Waals surface area contributed by atoms with Crippen molar-refractivity contribution in [3.8, 4) is 0 Å². The third-order valence-electron chi connectivity index (χ3n) is 5.24. The highest BCUT2D eigenvalue weighted by atomic mass is 31.2. The number of amidine groups is 2. The van der Waals surface area contributed by atoms with Crippen LogP contribution in [0, 0.1) is 0 Å². The van der Waals surface area contributed by atoms with Crippen molar-refractivity contribution >= 4 is 25.5 Å². The fourth-order valence-electron chi connectivity index (χ4n) is 3.30. The first-order valence-corrected chi connectivity index (χ1v) is 15.1. The number of phosphoric acid groups is 1. The molecule has 2 atom stereocenters. The number of carboxylic acid groups (broad SMARTS) is 1. The number of hydrogen-bond donors (Lipinski definition) is 2. The summed E-state index contributed by atoms with van der Waals surface area (Å²) in [4.78, 5) is 31.5. The van der Waals surface area contributed by atoms with Crippen molar-refractivity contribution in [3.05, 3.63) is 24.8 Å². The fourth-order valence-corrected chi connectivity index (χ4v) is 4.01. The highest BCUT2D eigenvalue weighted by molar-refractivity contribution is 7.45. The summed E-state index contributed by atoms with van der Waals surface area (Å²) in [5.41, 5.74) is 0. The molecule has 0 aliphatic carbocycles. The minimum Gasteiger partial charge on any atom is -0.756 e. The number of unbranched alkanes of at least 4 members (excludes halogenated alkanes) is 4. The number of aliphatic imine (C=N–C) groups is 2. The zero-order valence-corrected chi connectivity index (χ0v) is 25.0. The molecule has 2 aliphatic rings. The molecule has 2 heterocycles. The van der Waals surface area contributed by atoms with Crippen LogP contribution >= 0.6 is 7.82 Å². The van der Waals surface area contributed by atoms with E-state index >= 15 is 0 Å². The summed E-state index contributed by atoms with van der Waals surface area (Å²) >= 11 is 0. The number of carbonyl (C=O) groups excluding carboxylic acids is 1. The Labute approximate surface area is 224 Å². The predicted octanol–water partition coefficient (Wildman–Crippen LogP) is 1.99. The van der Waals surface area contributed by atoms with Crippen molar-refractivity contribution < 1.29 is 38.2 Å². The van der Waals surface area contributed by atoms with Gasteiger partial charge in [-0.05, 0) is 40.5 Å². The second-order valence-corrected chi connectivity index (χ2v) is 9.48. The van der Waals surface area contributed by atoms with E-state index in [0.717, 1.165) is 45.2 Å². The van der Waals surface area contributed by atoms with E-state index < -0.39 is 13.8 Å². The summed E-state index contributed by atoms with van der Waals surface area (Å²) in [6.07, 6.45) is 15.7. The number of carboxylic acids is 1. The molecule has 0 bridgehead atoms. The molecule has 0 saturated carbocycles. The summed E-state index contributed by atoms with van der Waals surface area (Å²) in [5.74, 6) is 1.60. The van der Waals surface area contributed by atoms with Crippen molar-refractivity contribution in [3.63, 3.8) is 0 Å². The van der Waals surface area contributed by atoms with E-state index in [2.05, 4.69) is 66.1 Å². The van der Waals surface area contributed by atoms with Gasteiger partial charge in [0.25, 0.3) is 7.82 Å². The van der Waals surface area contributed by atoms with Crippen LogP contribution < -0.4 is 19.8 Å². The van der Waals surface area contributed by atoms with E-state index in [-0.39, 0.29) is 19.6 Å². The Balaban J connectivity index is 0. The van der Waals surface area contributed by atoms with Crippen LogP contribution in [0.5, 0.6) is 0 Å². The Morgan fingerprint density at radius 1 is 0.811 bits per heavy atom. The standard InChI is InChI=1S/C8H16O2.2C7H12N2.C4H11O4P/c1-2-3-4-5-6-7-8(9)10;2*1-3-7-8-5-6-9(7)4-2;1-3-7-9(5,6)8-4-2/h2-7H2,1H3,(H,9,10);2*5-6H,3-4H2,1-2H3;3-4H2,1-2H3,(H,5,6). The van der Waals surface area contributed by atoms with Gasteiger partial charge in [0, 0.05) is 18.8 Å². The molecular formula is C26H51N4O6P. The van der Waals surface area contributed by atoms with Crippen molar-refractivity contribution in [1.29, 1.82) is 0 Å². The maximum Gasteiger partial charge on any atom is 0.267 e. The lowest BCUT2D eigenvalue weighted by atomic mass is 10.1. The van der Waals surface area contributed by atoms with E-state index in [9.17, 15) is 19.4 Å². The molecule has 37 heavy (non-hydrogen) atoms. The lowest BCUT2D eigenvalue weighted by Crippen LogP contribution is -3.08. The third-order valence-corrected chi connectivity index (χ3v) is 6.39. The van der Waals surface area contributed by atoms with Crippen LogP contribution in [-0.4, -0.2) is 43.9 Å². The highest BCUT2D eigenvalue weighted by Crippen LogP contribution is 2.37. The Morgan fingerprint density at radius 2 is 1.24 bits per heavy atom. The van der Waals surface area contributed by atoms with Gasteiger partial charge in [-0.3, -0.25) is 14.4 Å². The van der Waals surface area contributed by atoms with E-state index in [0.29, 0.717) is 0 Å². The van der Waals surface area contributed by atoms with Crippen LogP contribution in [-0.2, 0) is 18.4 Å². The molecule has 0 fully saturated rings. The number of hydrogen-bond acceptors (Lipinski definition) is 8. The summed E-state index contributed by atoms with van der Waals surface area (Å²) in [6, 6.07) is 0. The summed E-state index contributed by atoms with van der Waals surface area (Å²) in [5, 5.41) is 9.92. The fraction of sp³-hybridized carbons (Fsp3) is 0.731. The molecule has 0 aromatic carbocycles. The normalized spacial score (nSPS) is 17.5. The maximum atomic E-state index is 10.4. The van der Waals surface area contributed by atoms with E-state index in [1.165, 1.54) is 34.3 Å². The first-order chi connectivity index (χ1) is 17.7. The SMILES string of the molecule is CCC1=NC=C[NH+]1CC.CCC1=NC=C[NH+]1CC.CCCCCCCC(=O)[O-].CCOP(=O)([O-])OCC. The van der Waals surface area contributed by atoms with Crippen LogP contribution in [0.4, 0.5) is 0 Å². The molecule has 11 heteroatoms. The zero-order chi connectivity index (χ0) is 28.5. The second kappa shape index (κ2) is 24.6. The Kier molecular flexibility index (Phi) is 25.0. The zero-order valence-electron chi connectivity index (χ0n) is 24.1. The predicted molar refractivity (Wildman–Crippen MR) is 146 cm³/mol. The molecule has 2 aliphatic heterocycles. The molecule has 0 spiro atoms. The van der Waals surface area contributed by atoms with Crippen molar-refractivity contribution in [2.75, 3.05) is 26.3 Å². The Bertz CT molecular complexity index is 709. The molecule has 10 nitrogen and oxygen atoms in total. The first kappa shape index (κ1) is 37.5. The van der Waals surface area contributed by atoms with Gasteiger partial charge in [-0.25, -0.2) is 9.98 Å². The molecule has 0 aromatic heterocycles. The second-order valence-electron chi connectivity index (χ2n) is 8.07. The highest BCUT2D eigenvalue weighted by Gasteiger charge is 2.13. The number of carbonyl (C=O) groups is 1. The molecule has 0 saturated heterocycles. The van der Waals surface area contributed by atoms with Crippen LogP contribution in [0.1, 0.15) is 99.8 Å². The quantitative estimate of drug-likeness (QED) is 0.253. The Hall–Kier alpha value is -1.68. The van der Waals surface area contributed by atoms with Gasteiger partial charge in [0.1, 0.15) is 12.4 Å². The maximum absolute atomic E-state index is 10.4. The summed E-state index contributed by atoms with van der Waals surface area (Å²) in [7, 11) is -3.94. The average molecular weight is 547 g/mol. The minimum absolute atomic E-state index is 0.126. The molecule has 216 valence electrons. The van der Waals surface area contributed by atoms with Gasteiger partial charge in [-0.15, -0.1) is 0 Å². The van der Waals surface area contributed by atoms with Crippen molar-refractivity contribution in [2.24, 2.45) is 9.98 Å². The van der Waals surface area contributed by atoms with Gasteiger partial charge in [0.2, 0.25) is 11.7 Å². The number of nitrogens with one attached hydrogen (secondary N) is 2. The summed E-state index contributed by atoms with van der Waals surface area (Å²) < 4.78 is 18.9. The van der Waals surface area contributed by atoms with Gasteiger partial charge in [0.05, 0.1) is 38.7 Å². The van der Waals surface area contributed by atoms with Crippen LogP contribution in [0.3, 0.4) is 0 Å². The van der Waals surface area contributed by atoms with E-state index in [1.54, 1.807) is 13.8 Å². The molecule has 2 unspecified atom stereocenters. The Morgan fingerprint density at radius 3 is 1.54 bits per heavy atom. The molecule has 0 aromatic rings. The summed E-state index contributed by atoms with van der Waals surface area (Å²) in [6.45, 7) is 16.4. The van der Waals surface area contributed by atoms with E-state index in [1.807, 2.05) is 12.4 Å². The number of aliphatic carboxylic acids is 1. The molecule has 0 amide bonds. The van der Waals surface area contributed by atoms with Gasteiger partial charge in [-0.1, -0.05) is 46.5 Å². The van der Waals surface area contributed by atoms with Crippen LogP contribution in [0.25, 0.3) is 0 Å². The molecule has 0 radical (unpaired) electrons. The van der Waals surface area contributed by atoms with Crippen molar-refractivity contribution in [2.45, 2.75) is 99.8 Å². The van der Waals surface area contributed by atoms with E-state index in [4.69, 9.17) is 0 Å². The average Bonchev–Trinajstić information content (AvgIpc) is 3.53. The van der Waals surface area contributed by atoms with Gasteiger partial charge in [-0.2, -0.15) is 0 Å². The van der Waals surface area contributed by atoms with Gasteiger partial charge < -0.3 is 23.8 Å². The van der Waals surface area contributed by atoms with Crippen LogP contribution in [0.2, 0.25) is 0 Å². The van der Waals surface area contributed by atoms with Gasteiger partial charge in [0.15, 0.2) is 0 Å². The lowest BCUT2D eigenvalue weighted by molar-refractivity contribution is -0.743. The largest absolute Gasteiger partial charge is 0.756 e. The number of phosphoric ester groups is 1. The van der Waals surface area contributed by atoms with Crippen molar-refractivity contribution in [1.82, 2.24) is 0 Å². The molecule has 2 rings (SSSR count). The number of nitrogens with zero attached hydrogens (tertiary/aromatic N) is 2.